The van der Waals surface area contributed by atoms with Crippen LogP contribution in [0.15, 0.2) is 29.2 Å². The third-order valence-corrected chi connectivity index (χ3v) is 6.34. The van der Waals surface area contributed by atoms with Gasteiger partial charge in [-0.05, 0) is 56.6 Å². The molecule has 0 radical (unpaired) electrons. The van der Waals surface area contributed by atoms with Crippen LogP contribution in [0.1, 0.15) is 44.1 Å². The molecule has 3 nitrogen and oxygen atoms in total. The lowest BCUT2D eigenvalue weighted by atomic mass is 9.67. The van der Waals surface area contributed by atoms with Gasteiger partial charge in [0.25, 0.3) is 0 Å². The highest BCUT2D eigenvalue weighted by atomic mass is 35.5. The fourth-order valence-corrected chi connectivity index (χ4v) is 5.03. The molecule has 2 saturated carbocycles. The second-order valence-corrected chi connectivity index (χ2v) is 8.36. The molecule has 0 spiro atoms. The van der Waals surface area contributed by atoms with Crippen molar-refractivity contribution in [2.45, 2.75) is 62.4 Å². The standard InChI is InChI=1S/C19H28N2OS.ClH/c1-13-5-7-17(8-6-13)23-10-9-18(22)21-19-14-3-2-4-15(19)12-16(20)11-14;/h5-8,14-16,19H,2-4,9-12,20H2,1H3,(H,21,22);1H. The van der Waals surface area contributed by atoms with Crippen LogP contribution in [0.25, 0.3) is 0 Å². The Morgan fingerprint density at radius 1 is 1.21 bits per heavy atom. The zero-order chi connectivity index (χ0) is 16.2. The van der Waals surface area contributed by atoms with E-state index in [9.17, 15) is 4.79 Å². The highest BCUT2D eigenvalue weighted by Crippen LogP contribution is 2.39. The molecule has 3 rings (SSSR count). The molecule has 0 saturated heterocycles. The van der Waals surface area contributed by atoms with Crippen LogP contribution in [0.3, 0.4) is 0 Å². The number of hydrogen-bond acceptors (Lipinski definition) is 3. The smallest absolute Gasteiger partial charge is 0.221 e. The second-order valence-electron chi connectivity index (χ2n) is 7.19. The van der Waals surface area contributed by atoms with Gasteiger partial charge < -0.3 is 11.1 Å². The molecule has 1 aromatic rings. The van der Waals surface area contributed by atoms with E-state index in [4.69, 9.17) is 5.73 Å². The molecule has 2 aliphatic carbocycles. The largest absolute Gasteiger partial charge is 0.353 e. The Morgan fingerprint density at radius 3 is 2.46 bits per heavy atom. The monoisotopic (exact) mass is 368 g/mol. The molecule has 2 bridgehead atoms. The van der Waals surface area contributed by atoms with E-state index in [2.05, 4.69) is 36.5 Å². The molecule has 24 heavy (non-hydrogen) atoms. The number of carbonyl (C=O) groups is 1. The van der Waals surface area contributed by atoms with Crippen LogP contribution in [0.2, 0.25) is 0 Å². The van der Waals surface area contributed by atoms with Crippen LogP contribution in [0, 0.1) is 18.8 Å². The van der Waals surface area contributed by atoms with E-state index in [0.29, 0.717) is 30.3 Å². The quantitative estimate of drug-likeness (QED) is 0.774. The zero-order valence-electron chi connectivity index (χ0n) is 14.4. The van der Waals surface area contributed by atoms with E-state index in [1.54, 1.807) is 11.8 Å². The summed E-state index contributed by atoms with van der Waals surface area (Å²) in [6, 6.07) is 9.22. The number of fused-ring (bicyclic) bond motifs is 2. The number of benzene rings is 1. The van der Waals surface area contributed by atoms with E-state index < -0.39 is 0 Å². The van der Waals surface area contributed by atoms with E-state index in [1.165, 1.54) is 29.7 Å². The molecule has 1 aromatic carbocycles. The van der Waals surface area contributed by atoms with Crippen molar-refractivity contribution in [1.29, 1.82) is 0 Å². The van der Waals surface area contributed by atoms with Crippen LogP contribution in [0.5, 0.6) is 0 Å². The van der Waals surface area contributed by atoms with Gasteiger partial charge in [0.1, 0.15) is 0 Å². The minimum Gasteiger partial charge on any atom is -0.353 e. The van der Waals surface area contributed by atoms with E-state index in [0.717, 1.165) is 18.6 Å². The summed E-state index contributed by atoms with van der Waals surface area (Å²) in [6.07, 6.45) is 6.53. The molecule has 2 atom stereocenters. The van der Waals surface area contributed by atoms with E-state index in [1.807, 2.05) is 0 Å². The van der Waals surface area contributed by atoms with Crippen molar-refractivity contribution in [3.05, 3.63) is 29.8 Å². The first kappa shape index (κ1) is 19.6. The molecule has 1 amide bonds. The summed E-state index contributed by atoms with van der Waals surface area (Å²) in [5.41, 5.74) is 7.43. The molecular weight excluding hydrogens is 340 g/mol. The highest BCUT2D eigenvalue weighted by Gasteiger charge is 2.39. The topological polar surface area (TPSA) is 55.1 Å². The molecule has 0 aromatic heterocycles. The Morgan fingerprint density at radius 2 is 1.83 bits per heavy atom. The lowest BCUT2D eigenvalue weighted by molar-refractivity contribution is -0.123. The summed E-state index contributed by atoms with van der Waals surface area (Å²) >= 11 is 1.76. The van der Waals surface area contributed by atoms with Crippen molar-refractivity contribution in [3.63, 3.8) is 0 Å². The van der Waals surface area contributed by atoms with Gasteiger partial charge in [-0.25, -0.2) is 0 Å². The van der Waals surface area contributed by atoms with Crippen molar-refractivity contribution < 1.29 is 4.79 Å². The van der Waals surface area contributed by atoms with Crippen LogP contribution in [-0.2, 0) is 4.79 Å². The minimum atomic E-state index is 0. The number of nitrogens with two attached hydrogens (primary N) is 1. The Balaban J connectivity index is 0.00000208. The van der Waals surface area contributed by atoms with Crippen LogP contribution < -0.4 is 11.1 Å². The maximum atomic E-state index is 12.3. The van der Waals surface area contributed by atoms with Crippen molar-refractivity contribution in [1.82, 2.24) is 5.32 Å². The van der Waals surface area contributed by atoms with E-state index >= 15 is 0 Å². The first-order chi connectivity index (χ1) is 11.1. The SMILES string of the molecule is Cc1ccc(SCCC(=O)NC2C3CCCC2CC(N)C3)cc1.Cl. The molecule has 5 heteroatoms. The van der Waals surface area contributed by atoms with E-state index in [-0.39, 0.29) is 18.3 Å². The fourth-order valence-electron chi connectivity index (χ4n) is 4.18. The predicted octanol–water partition coefficient (Wildman–Crippen LogP) is 3.92. The molecule has 134 valence electrons. The predicted molar refractivity (Wildman–Crippen MR) is 104 cm³/mol. The highest BCUT2D eigenvalue weighted by molar-refractivity contribution is 7.99. The summed E-state index contributed by atoms with van der Waals surface area (Å²) in [7, 11) is 0. The Kier molecular flexibility index (Phi) is 7.45. The number of halogens is 1. The van der Waals surface area contributed by atoms with Crippen LogP contribution in [-0.4, -0.2) is 23.7 Å². The molecule has 0 heterocycles. The van der Waals surface area contributed by atoms with Gasteiger partial charge in [-0.15, -0.1) is 24.2 Å². The Labute approximate surface area is 155 Å². The maximum absolute atomic E-state index is 12.3. The molecule has 2 unspecified atom stereocenters. The van der Waals surface area contributed by atoms with Crippen LogP contribution in [0.4, 0.5) is 0 Å². The van der Waals surface area contributed by atoms with Gasteiger partial charge in [-0.2, -0.15) is 0 Å². The molecule has 3 N–H and O–H groups in total. The maximum Gasteiger partial charge on any atom is 0.221 e. The van der Waals surface area contributed by atoms with Crippen molar-refractivity contribution in [3.8, 4) is 0 Å². The van der Waals surface area contributed by atoms with Gasteiger partial charge >= 0.3 is 0 Å². The van der Waals surface area contributed by atoms with Gasteiger partial charge in [0.15, 0.2) is 0 Å². The third-order valence-electron chi connectivity index (χ3n) is 5.32. The first-order valence-electron chi connectivity index (χ1n) is 8.86. The summed E-state index contributed by atoms with van der Waals surface area (Å²) in [4.78, 5) is 13.6. The molecule has 2 fully saturated rings. The molecular formula is C19H29ClN2OS. The average molecular weight is 369 g/mol. The summed E-state index contributed by atoms with van der Waals surface area (Å²) < 4.78 is 0. The minimum absolute atomic E-state index is 0. The lowest BCUT2D eigenvalue weighted by Gasteiger charge is -2.45. The van der Waals surface area contributed by atoms with Gasteiger partial charge in [0, 0.05) is 29.2 Å². The molecule has 0 aliphatic heterocycles. The third kappa shape index (κ3) is 5.14. The number of hydrogen-bond donors (Lipinski definition) is 2. The lowest BCUT2D eigenvalue weighted by Crippen LogP contribution is -2.53. The van der Waals surface area contributed by atoms with Crippen molar-refractivity contribution in [2.24, 2.45) is 17.6 Å². The summed E-state index contributed by atoms with van der Waals surface area (Å²) in [5.74, 6) is 2.26. The number of amides is 1. The Hall–Kier alpha value is -0.710. The fraction of sp³-hybridized carbons (Fsp3) is 0.632. The number of rotatable bonds is 5. The normalized spacial score (nSPS) is 28.8. The number of aryl methyl sites for hydroxylation is 1. The van der Waals surface area contributed by atoms with Crippen molar-refractivity contribution in [2.75, 3.05) is 5.75 Å². The summed E-state index contributed by atoms with van der Waals surface area (Å²) in [6.45, 7) is 2.09. The number of thioether (sulfide) groups is 1. The van der Waals surface area contributed by atoms with Gasteiger partial charge in [-0.3, -0.25) is 4.79 Å². The Bertz CT molecular complexity index is 523. The van der Waals surface area contributed by atoms with Crippen molar-refractivity contribution >= 4 is 30.1 Å². The summed E-state index contributed by atoms with van der Waals surface area (Å²) in [5, 5.41) is 3.33. The second kappa shape index (κ2) is 9.12. The number of carbonyl (C=O) groups excluding carboxylic acids is 1. The van der Waals surface area contributed by atoms with Crippen LogP contribution >= 0.6 is 24.2 Å². The van der Waals surface area contributed by atoms with Gasteiger partial charge in [-0.1, -0.05) is 24.1 Å². The number of nitrogens with one attached hydrogen (secondary N) is 1. The zero-order valence-corrected chi connectivity index (χ0v) is 16.0. The van der Waals surface area contributed by atoms with Gasteiger partial charge in [0.05, 0.1) is 0 Å². The first-order valence-corrected chi connectivity index (χ1v) is 9.85. The van der Waals surface area contributed by atoms with Gasteiger partial charge in [0.2, 0.25) is 5.91 Å². The molecule has 2 aliphatic rings. The average Bonchev–Trinajstić information content (AvgIpc) is 2.50.